The Kier molecular flexibility index (Phi) is 4.27. The summed E-state index contributed by atoms with van der Waals surface area (Å²) in [7, 11) is 0. The Labute approximate surface area is 146 Å². The van der Waals surface area contributed by atoms with Crippen molar-refractivity contribution in [2.75, 3.05) is 0 Å². The summed E-state index contributed by atoms with van der Waals surface area (Å²) < 4.78 is 6.00. The fourth-order valence-electron chi connectivity index (χ4n) is 2.49. The molecule has 3 aromatic rings. The van der Waals surface area contributed by atoms with Crippen molar-refractivity contribution in [1.82, 2.24) is 15.4 Å². The van der Waals surface area contributed by atoms with Crippen LogP contribution < -0.4 is 10.5 Å². The van der Waals surface area contributed by atoms with Gasteiger partial charge in [-0.15, -0.1) is 0 Å². The van der Waals surface area contributed by atoms with Crippen LogP contribution in [0.1, 0.15) is 36.8 Å². The maximum atomic E-state index is 11.5. The predicted molar refractivity (Wildman–Crippen MR) is 95.6 cm³/mol. The van der Waals surface area contributed by atoms with E-state index in [-0.39, 0.29) is 11.1 Å². The average Bonchev–Trinajstić information content (AvgIpc) is 3.05. The van der Waals surface area contributed by atoms with Crippen LogP contribution >= 0.6 is 0 Å². The number of nitrogens with zero attached hydrogens (tertiary/aromatic N) is 2. The quantitative estimate of drug-likeness (QED) is 0.760. The van der Waals surface area contributed by atoms with Gasteiger partial charge in [0.15, 0.2) is 5.69 Å². The molecule has 2 aromatic carbocycles. The van der Waals surface area contributed by atoms with E-state index >= 15 is 0 Å². The number of aromatic amines is 1. The second kappa shape index (κ2) is 6.39. The zero-order chi connectivity index (χ0) is 18.0. The van der Waals surface area contributed by atoms with E-state index in [2.05, 4.69) is 36.2 Å². The van der Waals surface area contributed by atoms with Crippen LogP contribution in [0.15, 0.2) is 48.5 Å². The lowest BCUT2D eigenvalue weighted by Crippen LogP contribution is -2.12. The topological polar surface area (TPSA) is 93.9 Å². The normalized spacial score (nSPS) is 11.3. The van der Waals surface area contributed by atoms with Crippen molar-refractivity contribution in [1.29, 1.82) is 0 Å². The Morgan fingerprint density at radius 2 is 1.72 bits per heavy atom. The van der Waals surface area contributed by atoms with Crippen LogP contribution in [0.4, 0.5) is 0 Å². The van der Waals surface area contributed by atoms with Gasteiger partial charge in [-0.2, -0.15) is 15.4 Å². The summed E-state index contributed by atoms with van der Waals surface area (Å²) in [6.07, 6.45) is 0. The van der Waals surface area contributed by atoms with Crippen molar-refractivity contribution in [2.24, 2.45) is 5.73 Å². The Morgan fingerprint density at radius 3 is 2.36 bits per heavy atom. The minimum atomic E-state index is -0.645. The van der Waals surface area contributed by atoms with Crippen molar-refractivity contribution in [2.45, 2.75) is 26.2 Å². The SMILES string of the molecule is CC(C)(C)c1ccc(Oc2ccccc2-c2n[nH]nc2C(N)=O)cc1. The lowest BCUT2D eigenvalue weighted by atomic mass is 9.87. The highest BCUT2D eigenvalue weighted by Gasteiger charge is 2.19. The van der Waals surface area contributed by atoms with Gasteiger partial charge in [-0.05, 0) is 35.2 Å². The van der Waals surface area contributed by atoms with Crippen LogP contribution in [0.3, 0.4) is 0 Å². The number of carbonyl (C=O) groups excluding carboxylic acids is 1. The van der Waals surface area contributed by atoms with E-state index in [1.165, 1.54) is 5.56 Å². The van der Waals surface area contributed by atoms with Gasteiger partial charge in [0.05, 0.1) is 0 Å². The van der Waals surface area contributed by atoms with Gasteiger partial charge in [-0.25, -0.2) is 0 Å². The first-order chi connectivity index (χ1) is 11.9. The fraction of sp³-hybridized carbons (Fsp3) is 0.211. The van der Waals surface area contributed by atoms with Gasteiger partial charge < -0.3 is 10.5 Å². The lowest BCUT2D eigenvalue weighted by molar-refractivity contribution is 0.0996. The van der Waals surface area contributed by atoms with E-state index in [4.69, 9.17) is 10.5 Å². The molecule has 3 N–H and O–H groups in total. The number of carbonyl (C=O) groups is 1. The lowest BCUT2D eigenvalue weighted by Gasteiger charge is -2.19. The van der Waals surface area contributed by atoms with E-state index in [0.29, 0.717) is 22.8 Å². The summed E-state index contributed by atoms with van der Waals surface area (Å²) >= 11 is 0. The Balaban J connectivity index is 1.94. The number of para-hydroxylation sites is 1. The number of amides is 1. The zero-order valence-electron chi connectivity index (χ0n) is 14.4. The molecule has 3 rings (SSSR count). The van der Waals surface area contributed by atoms with Gasteiger partial charge in [0.1, 0.15) is 17.2 Å². The largest absolute Gasteiger partial charge is 0.457 e. The highest BCUT2D eigenvalue weighted by Crippen LogP contribution is 2.34. The summed E-state index contributed by atoms with van der Waals surface area (Å²) in [5.74, 6) is 0.625. The highest BCUT2D eigenvalue weighted by atomic mass is 16.5. The molecule has 0 saturated carbocycles. The van der Waals surface area contributed by atoms with Crippen LogP contribution in [-0.4, -0.2) is 21.3 Å². The molecule has 0 bridgehead atoms. The van der Waals surface area contributed by atoms with Crippen molar-refractivity contribution in [3.8, 4) is 22.8 Å². The molecule has 6 nitrogen and oxygen atoms in total. The van der Waals surface area contributed by atoms with Crippen molar-refractivity contribution in [3.63, 3.8) is 0 Å². The highest BCUT2D eigenvalue weighted by molar-refractivity contribution is 5.97. The van der Waals surface area contributed by atoms with Gasteiger partial charge in [0.2, 0.25) is 0 Å². The molecule has 0 radical (unpaired) electrons. The Hall–Kier alpha value is -3.15. The number of benzene rings is 2. The van der Waals surface area contributed by atoms with Gasteiger partial charge in [0, 0.05) is 5.56 Å². The van der Waals surface area contributed by atoms with Gasteiger partial charge >= 0.3 is 0 Å². The summed E-state index contributed by atoms with van der Waals surface area (Å²) in [5.41, 5.74) is 7.75. The summed E-state index contributed by atoms with van der Waals surface area (Å²) in [4.78, 5) is 11.5. The molecule has 0 unspecified atom stereocenters. The molecule has 1 amide bonds. The molecule has 25 heavy (non-hydrogen) atoms. The number of nitrogens with one attached hydrogen (secondary N) is 1. The smallest absolute Gasteiger partial charge is 0.271 e. The molecular formula is C19H20N4O2. The summed E-state index contributed by atoms with van der Waals surface area (Å²) in [6.45, 7) is 6.48. The third kappa shape index (κ3) is 3.52. The van der Waals surface area contributed by atoms with Crippen molar-refractivity contribution >= 4 is 5.91 Å². The van der Waals surface area contributed by atoms with E-state index in [1.54, 1.807) is 0 Å². The monoisotopic (exact) mass is 336 g/mol. The first kappa shape index (κ1) is 16.7. The van der Waals surface area contributed by atoms with E-state index in [0.717, 1.165) is 0 Å². The number of H-pyrrole nitrogens is 1. The molecule has 0 fully saturated rings. The fourth-order valence-corrected chi connectivity index (χ4v) is 2.49. The second-order valence-electron chi connectivity index (χ2n) is 6.76. The standard InChI is InChI=1S/C19H20N4O2/c1-19(2,3)12-8-10-13(11-9-12)25-15-7-5-4-6-14(15)16-17(18(20)24)22-23-21-16/h4-11H,1-3H3,(H2,20,24)(H,21,22,23). The third-order valence-electron chi connectivity index (χ3n) is 3.87. The number of hydrogen-bond acceptors (Lipinski definition) is 4. The van der Waals surface area contributed by atoms with Crippen molar-refractivity contribution in [3.05, 3.63) is 59.8 Å². The Morgan fingerprint density at radius 1 is 1.04 bits per heavy atom. The van der Waals surface area contributed by atoms with Crippen LogP contribution in [0, 0.1) is 0 Å². The third-order valence-corrected chi connectivity index (χ3v) is 3.87. The maximum absolute atomic E-state index is 11.5. The van der Waals surface area contributed by atoms with Crippen LogP contribution in [0.25, 0.3) is 11.3 Å². The molecule has 1 aromatic heterocycles. The van der Waals surface area contributed by atoms with Crippen LogP contribution in [0.2, 0.25) is 0 Å². The number of nitrogens with two attached hydrogens (primary N) is 1. The molecule has 0 aliphatic heterocycles. The number of ether oxygens (including phenoxy) is 1. The minimum absolute atomic E-state index is 0.0769. The summed E-state index contributed by atoms with van der Waals surface area (Å²) in [5, 5.41) is 10.3. The molecule has 0 saturated heterocycles. The first-order valence-electron chi connectivity index (χ1n) is 7.94. The average molecular weight is 336 g/mol. The molecule has 6 heteroatoms. The molecule has 0 aliphatic rings. The minimum Gasteiger partial charge on any atom is -0.457 e. The molecule has 0 spiro atoms. The first-order valence-corrected chi connectivity index (χ1v) is 7.94. The molecular weight excluding hydrogens is 316 g/mol. The maximum Gasteiger partial charge on any atom is 0.271 e. The molecule has 1 heterocycles. The number of hydrogen-bond donors (Lipinski definition) is 2. The van der Waals surface area contributed by atoms with Gasteiger partial charge in [-0.3, -0.25) is 4.79 Å². The van der Waals surface area contributed by atoms with E-state index in [1.807, 2.05) is 48.5 Å². The van der Waals surface area contributed by atoms with Gasteiger partial charge in [0.25, 0.3) is 5.91 Å². The number of rotatable bonds is 4. The second-order valence-corrected chi connectivity index (χ2v) is 6.76. The molecule has 0 aliphatic carbocycles. The van der Waals surface area contributed by atoms with Crippen molar-refractivity contribution < 1.29 is 9.53 Å². The predicted octanol–water partition coefficient (Wildman–Crippen LogP) is 3.66. The zero-order valence-corrected chi connectivity index (χ0v) is 14.4. The molecule has 0 atom stereocenters. The van der Waals surface area contributed by atoms with E-state index in [9.17, 15) is 4.79 Å². The number of aromatic nitrogens is 3. The molecule has 128 valence electrons. The van der Waals surface area contributed by atoms with E-state index < -0.39 is 5.91 Å². The Bertz CT molecular complexity index is 892. The number of primary amides is 1. The van der Waals surface area contributed by atoms with Gasteiger partial charge in [-0.1, -0.05) is 45.0 Å². The van der Waals surface area contributed by atoms with Crippen LogP contribution in [-0.2, 0) is 5.41 Å². The summed E-state index contributed by atoms with van der Waals surface area (Å²) in [6, 6.07) is 15.3. The van der Waals surface area contributed by atoms with Crippen LogP contribution in [0.5, 0.6) is 11.5 Å².